The second-order valence-corrected chi connectivity index (χ2v) is 10.2. The molecule has 7 nitrogen and oxygen atoms in total. The summed E-state index contributed by atoms with van der Waals surface area (Å²) in [6.07, 6.45) is 1.59. The van der Waals surface area contributed by atoms with Crippen LogP contribution in [-0.4, -0.2) is 44.2 Å². The van der Waals surface area contributed by atoms with Gasteiger partial charge in [0.15, 0.2) is 0 Å². The van der Waals surface area contributed by atoms with Crippen molar-refractivity contribution in [3.63, 3.8) is 0 Å². The fraction of sp³-hybridized carbons (Fsp3) is 0.391. The van der Waals surface area contributed by atoms with Gasteiger partial charge in [-0.3, -0.25) is 9.59 Å². The van der Waals surface area contributed by atoms with E-state index in [1.807, 2.05) is 13.8 Å². The Morgan fingerprint density at radius 1 is 1.06 bits per heavy atom. The molecule has 1 aliphatic heterocycles. The van der Waals surface area contributed by atoms with Crippen molar-refractivity contribution in [1.82, 2.24) is 4.31 Å². The lowest BCUT2D eigenvalue weighted by molar-refractivity contribution is -0.122. The van der Waals surface area contributed by atoms with E-state index in [1.54, 1.807) is 41.3 Å². The highest BCUT2D eigenvalue weighted by Gasteiger charge is 2.35. The molecule has 0 aliphatic carbocycles. The van der Waals surface area contributed by atoms with Crippen LogP contribution in [0.4, 0.5) is 11.4 Å². The van der Waals surface area contributed by atoms with Crippen LogP contribution < -0.4 is 10.2 Å². The molecule has 3 rings (SSSR count). The highest BCUT2D eigenvalue weighted by Crippen LogP contribution is 2.27. The van der Waals surface area contributed by atoms with Crippen LogP contribution in [0.2, 0.25) is 5.02 Å². The zero-order valence-electron chi connectivity index (χ0n) is 18.3. The number of benzene rings is 2. The predicted molar refractivity (Wildman–Crippen MR) is 126 cm³/mol. The summed E-state index contributed by atoms with van der Waals surface area (Å²) in [7, 11) is -3.57. The summed E-state index contributed by atoms with van der Waals surface area (Å²) in [5.41, 5.74) is 1.19. The SMILES string of the molecule is CCCN(CCC)S(=O)(=O)c1ccc(NC(=O)C2CC(=O)N(c3ccc(Cl)cc3)C2)cc1. The molecule has 0 radical (unpaired) electrons. The Balaban J connectivity index is 1.66. The Morgan fingerprint density at radius 2 is 1.66 bits per heavy atom. The summed E-state index contributed by atoms with van der Waals surface area (Å²) in [5.74, 6) is -0.893. The van der Waals surface area contributed by atoms with E-state index in [1.165, 1.54) is 16.4 Å². The van der Waals surface area contributed by atoms with Gasteiger partial charge in [0, 0.05) is 42.5 Å². The topological polar surface area (TPSA) is 86.8 Å². The Kier molecular flexibility index (Phi) is 7.92. The molecule has 0 spiro atoms. The number of carbonyl (C=O) groups is 2. The molecule has 1 heterocycles. The van der Waals surface area contributed by atoms with E-state index < -0.39 is 15.9 Å². The molecule has 32 heavy (non-hydrogen) atoms. The van der Waals surface area contributed by atoms with Crippen molar-refractivity contribution in [2.75, 3.05) is 29.9 Å². The first-order valence-electron chi connectivity index (χ1n) is 10.7. The Bertz CT molecular complexity index is 1050. The number of hydrogen-bond donors (Lipinski definition) is 1. The number of amides is 2. The van der Waals surface area contributed by atoms with Gasteiger partial charge in [-0.2, -0.15) is 4.31 Å². The van der Waals surface area contributed by atoms with Crippen LogP contribution in [0.3, 0.4) is 0 Å². The van der Waals surface area contributed by atoms with Gasteiger partial charge in [-0.1, -0.05) is 25.4 Å². The Morgan fingerprint density at radius 3 is 2.22 bits per heavy atom. The first kappa shape index (κ1) is 24.2. The van der Waals surface area contributed by atoms with Crippen molar-refractivity contribution >= 4 is 44.8 Å². The maximum Gasteiger partial charge on any atom is 0.243 e. The smallest absolute Gasteiger partial charge is 0.243 e. The molecular formula is C23H28ClN3O4S. The van der Waals surface area contributed by atoms with Crippen molar-refractivity contribution in [2.45, 2.75) is 38.0 Å². The molecule has 1 unspecified atom stereocenters. The highest BCUT2D eigenvalue weighted by molar-refractivity contribution is 7.89. The monoisotopic (exact) mass is 477 g/mol. The second-order valence-electron chi connectivity index (χ2n) is 7.80. The lowest BCUT2D eigenvalue weighted by Crippen LogP contribution is -2.32. The summed E-state index contributed by atoms with van der Waals surface area (Å²) in [5, 5.41) is 3.37. The normalized spacial score (nSPS) is 16.6. The molecule has 9 heteroatoms. The fourth-order valence-electron chi connectivity index (χ4n) is 3.71. The quantitative estimate of drug-likeness (QED) is 0.588. The summed E-state index contributed by atoms with van der Waals surface area (Å²) >= 11 is 5.90. The Hall–Kier alpha value is -2.42. The number of anilines is 2. The van der Waals surface area contributed by atoms with Crippen molar-refractivity contribution in [1.29, 1.82) is 0 Å². The van der Waals surface area contributed by atoms with Crippen LogP contribution in [-0.2, 0) is 19.6 Å². The maximum absolute atomic E-state index is 12.9. The lowest BCUT2D eigenvalue weighted by Gasteiger charge is -2.21. The van der Waals surface area contributed by atoms with Gasteiger partial charge >= 0.3 is 0 Å². The van der Waals surface area contributed by atoms with E-state index in [-0.39, 0.29) is 29.7 Å². The first-order valence-corrected chi connectivity index (χ1v) is 12.5. The third-order valence-electron chi connectivity index (χ3n) is 5.34. The van der Waals surface area contributed by atoms with Crippen LogP contribution in [0.5, 0.6) is 0 Å². The van der Waals surface area contributed by atoms with E-state index in [2.05, 4.69) is 5.32 Å². The van der Waals surface area contributed by atoms with Gasteiger partial charge in [0.05, 0.1) is 10.8 Å². The summed E-state index contributed by atoms with van der Waals surface area (Å²) in [4.78, 5) is 26.9. The third kappa shape index (κ3) is 5.49. The molecule has 0 bridgehead atoms. The van der Waals surface area contributed by atoms with E-state index in [0.717, 1.165) is 12.8 Å². The van der Waals surface area contributed by atoms with Gasteiger partial charge < -0.3 is 10.2 Å². The number of carbonyl (C=O) groups excluding carboxylic acids is 2. The van der Waals surface area contributed by atoms with Crippen LogP contribution in [0, 0.1) is 5.92 Å². The third-order valence-corrected chi connectivity index (χ3v) is 7.50. The number of nitrogens with zero attached hydrogens (tertiary/aromatic N) is 2. The molecule has 0 aromatic heterocycles. The molecule has 2 aromatic rings. The fourth-order valence-corrected chi connectivity index (χ4v) is 5.46. The van der Waals surface area contributed by atoms with Crippen LogP contribution in [0.1, 0.15) is 33.1 Å². The van der Waals surface area contributed by atoms with E-state index >= 15 is 0 Å². The second kappa shape index (κ2) is 10.5. The molecule has 1 N–H and O–H groups in total. The van der Waals surface area contributed by atoms with Gasteiger partial charge in [0.25, 0.3) is 0 Å². The molecule has 0 saturated carbocycles. The standard InChI is InChI=1S/C23H28ClN3O4S/c1-3-13-26(14-4-2)32(30,31)21-11-7-19(8-12-21)25-23(29)17-15-22(28)27(16-17)20-9-5-18(24)6-10-20/h5-12,17H,3-4,13-16H2,1-2H3,(H,25,29). The van der Waals surface area contributed by atoms with Gasteiger partial charge in [-0.05, 0) is 61.4 Å². The highest BCUT2D eigenvalue weighted by atomic mass is 35.5. The number of hydrogen-bond acceptors (Lipinski definition) is 4. The number of halogens is 1. The lowest BCUT2D eigenvalue weighted by atomic mass is 10.1. The number of sulfonamides is 1. The summed E-state index contributed by atoms with van der Waals surface area (Å²) < 4.78 is 27.2. The van der Waals surface area contributed by atoms with Crippen LogP contribution in [0.25, 0.3) is 0 Å². The zero-order chi connectivity index (χ0) is 23.3. The summed E-state index contributed by atoms with van der Waals surface area (Å²) in [6.45, 7) is 5.10. The molecule has 1 atom stereocenters. The van der Waals surface area contributed by atoms with Gasteiger partial charge in [-0.15, -0.1) is 0 Å². The van der Waals surface area contributed by atoms with E-state index in [4.69, 9.17) is 11.6 Å². The van der Waals surface area contributed by atoms with Crippen LogP contribution in [0.15, 0.2) is 53.4 Å². The number of rotatable bonds is 9. The molecule has 172 valence electrons. The van der Waals surface area contributed by atoms with Crippen molar-refractivity contribution in [3.8, 4) is 0 Å². The molecule has 1 fully saturated rings. The average molecular weight is 478 g/mol. The largest absolute Gasteiger partial charge is 0.326 e. The molecular weight excluding hydrogens is 450 g/mol. The number of nitrogens with one attached hydrogen (secondary N) is 1. The van der Waals surface area contributed by atoms with Crippen LogP contribution >= 0.6 is 11.6 Å². The molecule has 1 saturated heterocycles. The van der Waals surface area contributed by atoms with Gasteiger partial charge in [0.1, 0.15) is 0 Å². The van der Waals surface area contributed by atoms with Crippen molar-refractivity contribution in [2.24, 2.45) is 5.92 Å². The predicted octanol–water partition coefficient (Wildman–Crippen LogP) is 4.14. The van der Waals surface area contributed by atoms with E-state index in [9.17, 15) is 18.0 Å². The van der Waals surface area contributed by atoms with E-state index in [0.29, 0.717) is 29.5 Å². The van der Waals surface area contributed by atoms with Gasteiger partial charge in [-0.25, -0.2) is 8.42 Å². The minimum Gasteiger partial charge on any atom is -0.326 e. The molecule has 1 aliphatic rings. The minimum atomic E-state index is -3.57. The van der Waals surface area contributed by atoms with Crippen molar-refractivity contribution in [3.05, 3.63) is 53.6 Å². The van der Waals surface area contributed by atoms with Crippen molar-refractivity contribution < 1.29 is 18.0 Å². The summed E-state index contributed by atoms with van der Waals surface area (Å²) in [6, 6.07) is 13.1. The zero-order valence-corrected chi connectivity index (χ0v) is 19.8. The first-order chi connectivity index (χ1) is 15.3. The van der Waals surface area contributed by atoms with Gasteiger partial charge in [0.2, 0.25) is 21.8 Å². The molecule has 2 amide bonds. The maximum atomic E-state index is 12.9. The minimum absolute atomic E-state index is 0.115. The molecule has 2 aromatic carbocycles. The Labute approximate surface area is 194 Å². The average Bonchev–Trinajstić information content (AvgIpc) is 3.16.